The van der Waals surface area contributed by atoms with Crippen LogP contribution in [0.4, 0.5) is 0 Å². The van der Waals surface area contributed by atoms with E-state index in [1.54, 1.807) is 0 Å². The van der Waals surface area contributed by atoms with Gasteiger partial charge >= 0.3 is 0 Å². The number of hydrogen-bond acceptors (Lipinski definition) is 3. The molecule has 0 spiro atoms. The van der Waals surface area contributed by atoms with Crippen LogP contribution in [0.2, 0.25) is 0 Å². The Hall–Kier alpha value is -0.670. The van der Waals surface area contributed by atoms with Gasteiger partial charge in [-0.25, -0.2) is 0 Å². The van der Waals surface area contributed by atoms with Crippen LogP contribution in [0, 0.1) is 5.92 Å². The lowest BCUT2D eigenvalue weighted by molar-refractivity contribution is 0.307. The minimum absolute atomic E-state index is 0.241. The second kappa shape index (κ2) is 6.75. The molecule has 0 saturated carbocycles. The van der Waals surface area contributed by atoms with Gasteiger partial charge in [0.25, 0.3) is 0 Å². The van der Waals surface area contributed by atoms with Crippen LogP contribution >= 0.6 is 0 Å². The highest BCUT2D eigenvalue weighted by atomic mass is 15.2. The van der Waals surface area contributed by atoms with Crippen LogP contribution in [0.1, 0.15) is 27.7 Å². The molecule has 0 amide bonds. The van der Waals surface area contributed by atoms with Crippen molar-refractivity contribution in [1.82, 2.24) is 10.2 Å². The van der Waals surface area contributed by atoms with Gasteiger partial charge in [-0.2, -0.15) is 0 Å². The van der Waals surface area contributed by atoms with E-state index in [2.05, 4.69) is 49.2 Å². The zero-order chi connectivity index (χ0) is 12.0. The Balaban J connectivity index is 4.89. The average molecular weight is 211 g/mol. The van der Waals surface area contributed by atoms with Gasteiger partial charge in [-0.15, -0.1) is 0 Å². The van der Waals surface area contributed by atoms with Gasteiger partial charge in [0.15, 0.2) is 0 Å². The van der Waals surface area contributed by atoms with E-state index in [1.165, 1.54) is 0 Å². The summed E-state index contributed by atoms with van der Waals surface area (Å²) in [5, 5.41) is 3.24. The number of allylic oxidation sites excluding steroid dienone is 1. The molecular weight excluding hydrogens is 186 g/mol. The standard InChI is InChI=1S/C12H25N3/c1-9(2)11(14-10(3)4)8-12(13-5)15(6)7/h8-9,12-13H,1-7H3. The second-order valence-corrected chi connectivity index (χ2v) is 4.50. The molecule has 15 heavy (non-hydrogen) atoms. The summed E-state index contributed by atoms with van der Waals surface area (Å²) >= 11 is 0. The fourth-order valence-electron chi connectivity index (χ4n) is 1.27. The average Bonchev–Trinajstić information content (AvgIpc) is 2.10. The third-order valence-corrected chi connectivity index (χ3v) is 2.12. The molecule has 0 aromatic rings. The molecule has 0 bridgehead atoms. The van der Waals surface area contributed by atoms with Crippen LogP contribution in [0.25, 0.3) is 0 Å². The second-order valence-electron chi connectivity index (χ2n) is 4.50. The predicted octanol–water partition coefficient (Wildman–Crippen LogP) is 2.11. The largest absolute Gasteiger partial charge is 0.301 e. The molecule has 0 fully saturated rings. The zero-order valence-electron chi connectivity index (χ0n) is 11.1. The van der Waals surface area contributed by atoms with Crippen molar-refractivity contribution in [3.05, 3.63) is 11.8 Å². The number of nitrogens with zero attached hydrogens (tertiary/aromatic N) is 2. The maximum absolute atomic E-state index is 4.56. The highest BCUT2D eigenvalue weighted by Crippen LogP contribution is 2.13. The number of aliphatic imine (C=N–C) groups is 1. The monoisotopic (exact) mass is 211 g/mol. The lowest BCUT2D eigenvalue weighted by Gasteiger charge is -2.21. The van der Waals surface area contributed by atoms with E-state index < -0.39 is 0 Å². The first kappa shape index (κ1) is 14.3. The minimum Gasteiger partial charge on any atom is -0.301 e. The van der Waals surface area contributed by atoms with Crippen molar-refractivity contribution < 1.29 is 0 Å². The van der Waals surface area contributed by atoms with Gasteiger partial charge in [0, 0.05) is 11.4 Å². The zero-order valence-corrected chi connectivity index (χ0v) is 11.1. The molecule has 1 N–H and O–H groups in total. The molecule has 0 heterocycles. The van der Waals surface area contributed by atoms with Gasteiger partial charge in [0.2, 0.25) is 0 Å². The van der Waals surface area contributed by atoms with Gasteiger partial charge in [-0.05, 0) is 47.0 Å². The van der Waals surface area contributed by atoms with Crippen molar-refractivity contribution in [3.8, 4) is 0 Å². The van der Waals surface area contributed by atoms with E-state index in [4.69, 9.17) is 0 Å². The fourth-order valence-corrected chi connectivity index (χ4v) is 1.27. The highest BCUT2D eigenvalue weighted by molar-refractivity contribution is 5.80. The third-order valence-electron chi connectivity index (χ3n) is 2.12. The van der Waals surface area contributed by atoms with E-state index in [0.29, 0.717) is 5.92 Å². The van der Waals surface area contributed by atoms with Crippen LogP contribution in [0.15, 0.2) is 16.8 Å². The van der Waals surface area contributed by atoms with Crippen molar-refractivity contribution in [2.45, 2.75) is 33.9 Å². The minimum atomic E-state index is 0.241. The molecule has 0 saturated heterocycles. The van der Waals surface area contributed by atoms with Gasteiger partial charge in [0.1, 0.15) is 0 Å². The Morgan fingerprint density at radius 1 is 1.27 bits per heavy atom. The Bertz CT molecular complexity index is 235. The normalized spacial score (nSPS) is 14.6. The summed E-state index contributed by atoms with van der Waals surface area (Å²) in [6, 6.07) is 0. The Morgan fingerprint density at radius 3 is 2.07 bits per heavy atom. The molecule has 0 aliphatic rings. The Labute approximate surface area is 94.3 Å². The lowest BCUT2D eigenvalue weighted by atomic mass is 10.1. The summed E-state index contributed by atoms with van der Waals surface area (Å²) in [6.07, 6.45) is 2.42. The Kier molecular flexibility index (Phi) is 6.45. The molecular formula is C12H25N3. The SMILES string of the molecule is CNC(C=C(N=C(C)C)C(C)C)N(C)C. The van der Waals surface area contributed by atoms with Crippen LogP contribution in [-0.2, 0) is 0 Å². The molecule has 1 unspecified atom stereocenters. The molecule has 0 aliphatic heterocycles. The van der Waals surface area contributed by atoms with E-state index in [9.17, 15) is 0 Å². The smallest absolute Gasteiger partial charge is 0.0802 e. The number of hydrogen-bond donors (Lipinski definition) is 1. The maximum Gasteiger partial charge on any atom is 0.0802 e. The molecule has 0 radical (unpaired) electrons. The Morgan fingerprint density at radius 2 is 1.80 bits per heavy atom. The molecule has 1 atom stereocenters. The maximum atomic E-state index is 4.56. The van der Waals surface area contributed by atoms with Gasteiger partial charge in [-0.1, -0.05) is 13.8 Å². The molecule has 0 aliphatic carbocycles. The quantitative estimate of drug-likeness (QED) is 0.557. The number of rotatable bonds is 5. The van der Waals surface area contributed by atoms with Crippen molar-refractivity contribution >= 4 is 5.71 Å². The molecule has 0 aromatic heterocycles. The van der Waals surface area contributed by atoms with Crippen molar-refractivity contribution in [1.29, 1.82) is 0 Å². The van der Waals surface area contributed by atoms with Crippen molar-refractivity contribution in [3.63, 3.8) is 0 Å². The number of likely N-dealkylation sites (N-methyl/N-ethyl adjacent to an activating group) is 2. The summed E-state index contributed by atoms with van der Waals surface area (Å²) in [5.41, 5.74) is 2.24. The first-order valence-electron chi connectivity index (χ1n) is 5.45. The topological polar surface area (TPSA) is 27.6 Å². The number of nitrogens with one attached hydrogen (secondary N) is 1. The lowest BCUT2D eigenvalue weighted by Crippen LogP contribution is -2.37. The van der Waals surface area contributed by atoms with Gasteiger partial charge in [0.05, 0.1) is 6.17 Å². The van der Waals surface area contributed by atoms with Gasteiger partial charge < -0.3 is 5.32 Å². The summed E-state index contributed by atoms with van der Waals surface area (Å²) in [7, 11) is 6.07. The highest BCUT2D eigenvalue weighted by Gasteiger charge is 2.08. The van der Waals surface area contributed by atoms with Crippen LogP contribution in [-0.4, -0.2) is 37.9 Å². The van der Waals surface area contributed by atoms with E-state index >= 15 is 0 Å². The molecule has 88 valence electrons. The summed E-state index contributed by atoms with van der Waals surface area (Å²) < 4.78 is 0. The summed E-state index contributed by atoms with van der Waals surface area (Å²) in [6.45, 7) is 8.39. The molecule has 0 aromatic carbocycles. The molecule has 3 heteroatoms. The van der Waals surface area contributed by atoms with Crippen LogP contribution in [0.3, 0.4) is 0 Å². The first-order chi connectivity index (χ1) is 6.88. The molecule has 0 rings (SSSR count). The van der Waals surface area contributed by atoms with Crippen molar-refractivity contribution in [2.75, 3.05) is 21.1 Å². The van der Waals surface area contributed by atoms with Crippen LogP contribution < -0.4 is 5.32 Å². The summed E-state index contributed by atoms with van der Waals surface area (Å²) in [5.74, 6) is 0.454. The van der Waals surface area contributed by atoms with Crippen LogP contribution in [0.5, 0.6) is 0 Å². The summed E-state index contributed by atoms with van der Waals surface area (Å²) in [4.78, 5) is 6.69. The van der Waals surface area contributed by atoms with Crippen molar-refractivity contribution in [2.24, 2.45) is 10.9 Å². The first-order valence-corrected chi connectivity index (χ1v) is 5.45. The predicted molar refractivity (Wildman–Crippen MR) is 68.2 cm³/mol. The fraction of sp³-hybridized carbons (Fsp3) is 0.750. The van der Waals surface area contributed by atoms with Gasteiger partial charge in [-0.3, -0.25) is 9.89 Å². The molecule has 3 nitrogen and oxygen atoms in total. The van der Waals surface area contributed by atoms with E-state index in [-0.39, 0.29) is 6.17 Å². The third kappa shape index (κ3) is 5.70. The van der Waals surface area contributed by atoms with E-state index in [0.717, 1.165) is 11.4 Å². The van der Waals surface area contributed by atoms with E-state index in [1.807, 2.05) is 20.9 Å².